The molecule has 0 rings (SSSR count). The fraction of sp³-hybridized carbons (Fsp3) is 1.00. The van der Waals surface area contributed by atoms with E-state index in [4.69, 9.17) is 15.3 Å². The number of hydrogen-bond donors (Lipinski definition) is 0. The van der Waals surface area contributed by atoms with Crippen molar-refractivity contribution in [3.05, 3.63) is 0 Å². The number of rotatable bonds is 0. The number of hydrogen-bond acceptors (Lipinski definition) is 3. The second kappa shape index (κ2) is 55.8. The molecule has 0 aromatic heterocycles. The first-order chi connectivity index (χ1) is 4.24. The molecule has 0 bridgehead atoms. The van der Waals surface area contributed by atoms with Crippen LogP contribution in [0.2, 0.25) is 0 Å². The molecule has 0 saturated heterocycles. The minimum atomic E-state index is 0. The van der Waals surface area contributed by atoms with E-state index in [0.29, 0.717) is 0 Å². The molecule has 0 unspecified atom stereocenters. The van der Waals surface area contributed by atoms with Gasteiger partial charge in [0.15, 0.2) is 0 Å². The SMILES string of the molecule is CC[O-].CC[O-].CC[O-].[Ga]. The molecule has 0 aromatic rings. The van der Waals surface area contributed by atoms with Crippen LogP contribution in [-0.4, -0.2) is 39.6 Å². The maximum absolute atomic E-state index is 8.93. The topological polar surface area (TPSA) is 69.2 Å². The first-order valence-electron chi connectivity index (χ1n) is 2.99. The average Bonchev–Trinajstić information content (AvgIpc) is 1.70. The Labute approximate surface area is 76.1 Å². The summed E-state index contributed by atoms with van der Waals surface area (Å²) in [5.41, 5.74) is 0. The van der Waals surface area contributed by atoms with Crippen molar-refractivity contribution in [3.63, 3.8) is 0 Å². The quantitative estimate of drug-likeness (QED) is 0.418. The van der Waals surface area contributed by atoms with Gasteiger partial charge < -0.3 is 15.3 Å². The molecule has 0 aromatic carbocycles. The van der Waals surface area contributed by atoms with Crippen molar-refractivity contribution in [1.29, 1.82) is 0 Å². The van der Waals surface area contributed by atoms with Gasteiger partial charge in [-0.3, -0.25) is 0 Å². The Kier molecular flexibility index (Phi) is 125. The summed E-state index contributed by atoms with van der Waals surface area (Å²) in [7, 11) is 0. The molecule has 0 amide bonds. The molecule has 0 aliphatic rings. The van der Waals surface area contributed by atoms with Gasteiger partial charge in [0.2, 0.25) is 0 Å². The van der Waals surface area contributed by atoms with E-state index in [2.05, 4.69) is 0 Å². The van der Waals surface area contributed by atoms with E-state index in [-0.39, 0.29) is 39.6 Å². The van der Waals surface area contributed by atoms with E-state index in [1.54, 1.807) is 20.8 Å². The summed E-state index contributed by atoms with van der Waals surface area (Å²) < 4.78 is 0. The Morgan fingerprint density at radius 1 is 0.700 bits per heavy atom. The third-order valence-electron chi connectivity index (χ3n) is 0. The standard InChI is InChI=1S/3C2H5O.Ga/c3*1-2-3;/h3*2H2,1H3;/q3*-1;. The Balaban J connectivity index is -0.0000000257. The van der Waals surface area contributed by atoms with Gasteiger partial charge in [-0.25, -0.2) is 0 Å². The van der Waals surface area contributed by atoms with E-state index in [1.165, 1.54) is 0 Å². The normalized spacial score (nSPS) is 5.40. The summed E-state index contributed by atoms with van der Waals surface area (Å²) >= 11 is 0. The Hall–Kier alpha value is 0.516. The Morgan fingerprint density at radius 3 is 0.700 bits per heavy atom. The van der Waals surface area contributed by atoms with Gasteiger partial charge in [-0.05, 0) is 0 Å². The predicted octanol–water partition coefficient (Wildman–Crippen LogP) is -2.28. The molecule has 0 N–H and O–H groups in total. The Bertz CT molecular complexity index is 17.7. The average molecular weight is 205 g/mol. The maximum Gasteiger partial charge on any atom is 0 e. The second-order valence-electron chi connectivity index (χ2n) is 0.866. The molecule has 0 atom stereocenters. The van der Waals surface area contributed by atoms with Crippen LogP contribution in [0, 0.1) is 0 Å². The van der Waals surface area contributed by atoms with Crippen LogP contribution in [0.15, 0.2) is 0 Å². The molecule has 0 aliphatic carbocycles. The molecule has 63 valence electrons. The van der Waals surface area contributed by atoms with Crippen molar-refractivity contribution in [1.82, 2.24) is 0 Å². The van der Waals surface area contributed by atoms with Crippen LogP contribution in [0.4, 0.5) is 0 Å². The van der Waals surface area contributed by atoms with Crippen molar-refractivity contribution in [3.8, 4) is 0 Å². The van der Waals surface area contributed by atoms with Crippen LogP contribution in [0.1, 0.15) is 20.8 Å². The zero-order chi connectivity index (χ0) is 8.12. The van der Waals surface area contributed by atoms with Crippen molar-refractivity contribution in [2.24, 2.45) is 0 Å². The van der Waals surface area contributed by atoms with E-state index in [9.17, 15) is 0 Å². The Morgan fingerprint density at radius 2 is 0.700 bits per heavy atom. The molecule has 0 fully saturated rings. The molecular formula is C6H15GaO3-3. The van der Waals surface area contributed by atoms with Crippen molar-refractivity contribution in [2.75, 3.05) is 19.8 Å². The van der Waals surface area contributed by atoms with Gasteiger partial charge in [-0.15, -0.1) is 19.8 Å². The predicted molar refractivity (Wildman–Crippen MR) is 37.4 cm³/mol. The van der Waals surface area contributed by atoms with E-state index < -0.39 is 0 Å². The fourth-order valence-electron chi connectivity index (χ4n) is 0. The van der Waals surface area contributed by atoms with Gasteiger partial charge in [0, 0.05) is 19.8 Å². The van der Waals surface area contributed by atoms with Crippen molar-refractivity contribution >= 4 is 19.8 Å². The second-order valence-corrected chi connectivity index (χ2v) is 0.866. The van der Waals surface area contributed by atoms with Crippen molar-refractivity contribution in [2.45, 2.75) is 20.8 Å². The van der Waals surface area contributed by atoms with Crippen LogP contribution >= 0.6 is 0 Å². The molecule has 0 spiro atoms. The summed E-state index contributed by atoms with van der Waals surface area (Å²) in [6.07, 6.45) is 0. The van der Waals surface area contributed by atoms with Gasteiger partial charge in [-0.2, -0.15) is 0 Å². The molecule has 4 heteroatoms. The zero-order valence-electron chi connectivity index (χ0n) is 6.92. The van der Waals surface area contributed by atoms with Gasteiger partial charge in [0.1, 0.15) is 0 Å². The van der Waals surface area contributed by atoms with E-state index in [1.807, 2.05) is 0 Å². The van der Waals surface area contributed by atoms with Crippen LogP contribution in [0.3, 0.4) is 0 Å². The van der Waals surface area contributed by atoms with Gasteiger partial charge in [0.25, 0.3) is 0 Å². The smallest absolute Gasteiger partial charge is 0 e. The first-order valence-corrected chi connectivity index (χ1v) is 2.99. The van der Waals surface area contributed by atoms with Crippen LogP contribution in [0.25, 0.3) is 0 Å². The van der Waals surface area contributed by atoms with Crippen LogP contribution < -0.4 is 15.3 Å². The molecular weight excluding hydrogens is 190 g/mol. The van der Waals surface area contributed by atoms with E-state index >= 15 is 0 Å². The third-order valence-corrected chi connectivity index (χ3v) is 0. The molecule has 0 heterocycles. The molecule has 0 aliphatic heterocycles. The van der Waals surface area contributed by atoms with Crippen LogP contribution in [0.5, 0.6) is 0 Å². The zero-order valence-corrected chi connectivity index (χ0v) is 9.35. The molecule has 3 radical (unpaired) electrons. The molecule has 10 heavy (non-hydrogen) atoms. The van der Waals surface area contributed by atoms with Crippen molar-refractivity contribution < 1.29 is 15.3 Å². The monoisotopic (exact) mass is 204 g/mol. The largest absolute Gasteiger partial charge is 0.855 e. The summed E-state index contributed by atoms with van der Waals surface area (Å²) in [6.45, 7) is 4.71. The van der Waals surface area contributed by atoms with Gasteiger partial charge >= 0.3 is 0 Å². The molecule has 3 nitrogen and oxygen atoms in total. The molecule has 0 saturated carbocycles. The minimum absolute atomic E-state index is 0. The van der Waals surface area contributed by atoms with Gasteiger partial charge in [-0.1, -0.05) is 20.8 Å². The minimum Gasteiger partial charge on any atom is -0.855 e. The van der Waals surface area contributed by atoms with Gasteiger partial charge in [0.05, 0.1) is 0 Å². The summed E-state index contributed by atoms with van der Waals surface area (Å²) in [5, 5.41) is 26.8. The maximum atomic E-state index is 8.93. The summed E-state index contributed by atoms with van der Waals surface area (Å²) in [6, 6.07) is 0. The van der Waals surface area contributed by atoms with E-state index in [0.717, 1.165) is 0 Å². The first kappa shape index (κ1) is 22.4. The summed E-state index contributed by atoms with van der Waals surface area (Å²) in [4.78, 5) is 0. The summed E-state index contributed by atoms with van der Waals surface area (Å²) in [5.74, 6) is 0. The fourth-order valence-corrected chi connectivity index (χ4v) is 0. The van der Waals surface area contributed by atoms with Crippen LogP contribution in [-0.2, 0) is 0 Å². The third kappa shape index (κ3) is 1800.